The third-order valence-electron chi connectivity index (χ3n) is 1.63. The Labute approximate surface area is 32.3 Å². The second-order valence-electron chi connectivity index (χ2n) is 1.95. The molecule has 0 nitrogen and oxygen atoms in total. The quantitative estimate of drug-likeness (QED) is 0.277. The first kappa shape index (κ1) is 2.06. The molecule has 0 aromatic rings. The van der Waals surface area contributed by atoms with E-state index in [-0.39, 0.29) is 0 Å². The van der Waals surface area contributed by atoms with Crippen LogP contribution >= 0.6 is 0 Å². The van der Waals surface area contributed by atoms with Crippen molar-refractivity contribution in [3.05, 3.63) is 11.1 Å². The Balaban J connectivity index is 2.32. The molecule has 0 aromatic carbocycles. The Bertz CT molecular complexity index is 101. The summed E-state index contributed by atoms with van der Waals surface area (Å²) >= 11 is 0. The van der Waals surface area contributed by atoms with Gasteiger partial charge in [-0.3, -0.25) is 0 Å². The Morgan fingerprint density at radius 3 is 2.00 bits per heavy atom. The van der Waals surface area contributed by atoms with Crippen molar-refractivity contribution in [3.8, 4) is 0 Å². The van der Waals surface area contributed by atoms with Crippen molar-refractivity contribution in [2.45, 2.75) is 12.2 Å². The van der Waals surface area contributed by atoms with Crippen molar-refractivity contribution >= 4 is 7.85 Å². The molecule has 0 unspecified atom stereocenters. The van der Waals surface area contributed by atoms with E-state index in [0.717, 1.165) is 5.82 Å². The molecule has 0 saturated heterocycles. The summed E-state index contributed by atoms with van der Waals surface area (Å²) in [6.07, 6.45) is 1.40. The van der Waals surface area contributed by atoms with Crippen LogP contribution in [0.4, 0.5) is 0 Å². The SMILES string of the molecule is BC1C2=C1C2. The number of hydrogen-bond acceptors (Lipinski definition) is 0. The summed E-state index contributed by atoms with van der Waals surface area (Å²) in [5.74, 6) is 0.981. The summed E-state index contributed by atoms with van der Waals surface area (Å²) in [5.41, 5.74) is 3.51. The highest BCUT2D eigenvalue weighted by molar-refractivity contribution is 6.22. The first-order valence-corrected chi connectivity index (χ1v) is 2.11. The molecule has 2 rings (SSSR count). The Morgan fingerprint density at radius 1 is 1.60 bits per heavy atom. The van der Waals surface area contributed by atoms with E-state index in [2.05, 4.69) is 7.85 Å². The van der Waals surface area contributed by atoms with Crippen LogP contribution in [0.1, 0.15) is 6.42 Å². The molecule has 0 radical (unpaired) electrons. The maximum absolute atomic E-state index is 2.27. The van der Waals surface area contributed by atoms with Crippen molar-refractivity contribution in [3.63, 3.8) is 0 Å². The van der Waals surface area contributed by atoms with Crippen LogP contribution < -0.4 is 0 Å². The summed E-state index contributed by atoms with van der Waals surface area (Å²) < 4.78 is 0. The molecule has 0 saturated carbocycles. The summed E-state index contributed by atoms with van der Waals surface area (Å²) in [7, 11) is 2.27. The molecule has 0 N–H and O–H groups in total. The smallest absolute Gasteiger partial charge is 0.0677 e. The lowest BCUT2D eigenvalue weighted by Crippen LogP contribution is -1.77. The topological polar surface area (TPSA) is 0 Å². The molecule has 5 heavy (non-hydrogen) atoms. The van der Waals surface area contributed by atoms with Gasteiger partial charge in [0.05, 0.1) is 0 Å². The van der Waals surface area contributed by atoms with E-state index in [4.69, 9.17) is 0 Å². The first-order valence-electron chi connectivity index (χ1n) is 2.11. The van der Waals surface area contributed by atoms with Gasteiger partial charge in [-0.15, -0.1) is 0 Å². The second kappa shape index (κ2) is 0.311. The Morgan fingerprint density at radius 2 is 2.00 bits per heavy atom. The van der Waals surface area contributed by atoms with Gasteiger partial charge in [0.15, 0.2) is 0 Å². The third-order valence-corrected chi connectivity index (χ3v) is 1.63. The Kier molecular flexibility index (Phi) is 0.129. The molecule has 2 aliphatic carbocycles. The van der Waals surface area contributed by atoms with Crippen molar-refractivity contribution in [1.82, 2.24) is 0 Å². The third kappa shape index (κ3) is 0.0889. The van der Waals surface area contributed by atoms with E-state index in [1.54, 1.807) is 11.1 Å². The zero-order valence-corrected chi connectivity index (χ0v) is 3.28. The van der Waals surface area contributed by atoms with Gasteiger partial charge in [0.2, 0.25) is 0 Å². The summed E-state index contributed by atoms with van der Waals surface area (Å²) in [5, 5.41) is 0. The molecule has 0 spiro atoms. The maximum Gasteiger partial charge on any atom is 0.116 e. The normalized spacial score (nSPS) is 30.4. The molecule has 0 bridgehead atoms. The highest BCUT2D eigenvalue weighted by Crippen LogP contribution is 2.63. The van der Waals surface area contributed by atoms with Gasteiger partial charge in [-0.25, -0.2) is 0 Å². The highest BCUT2D eigenvalue weighted by atomic mass is 14.5. The molecule has 0 amide bonds. The zero-order valence-electron chi connectivity index (χ0n) is 3.28. The van der Waals surface area contributed by atoms with E-state index >= 15 is 0 Å². The monoisotopic (exact) mass is 64.0 g/mol. The van der Waals surface area contributed by atoms with Crippen molar-refractivity contribution in [2.75, 3.05) is 0 Å². The zero-order chi connectivity index (χ0) is 3.44. The van der Waals surface area contributed by atoms with Gasteiger partial charge in [-0.1, -0.05) is 11.1 Å². The maximum atomic E-state index is 2.27. The molecule has 0 atom stereocenters. The van der Waals surface area contributed by atoms with Crippen LogP contribution in [-0.2, 0) is 0 Å². The van der Waals surface area contributed by atoms with Crippen LogP contribution in [-0.4, -0.2) is 7.85 Å². The lowest BCUT2D eigenvalue weighted by Gasteiger charge is -1.89. The van der Waals surface area contributed by atoms with E-state index in [9.17, 15) is 0 Å². The van der Waals surface area contributed by atoms with Crippen LogP contribution in [0.3, 0.4) is 0 Å². The molecule has 0 fully saturated rings. The number of rotatable bonds is 0. The average Bonchev–Trinajstić information content (AvgIpc) is 2.11. The van der Waals surface area contributed by atoms with Crippen LogP contribution in [0.25, 0.3) is 0 Å². The van der Waals surface area contributed by atoms with Gasteiger partial charge in [0, 0.05) is 0 Å². The van der Waals surface area contributed by atoms with Crippen molar-refractivity contribution in [1.29, 1.82) is 0 Å². The first-order chi connectivity index (χ1) is 2.39. The molecular formula is C4H5B. The minimum Gasteiger partial charge on any atom is -0.0677 e. The van der Waals surface area contributed by atoms with E-state index in [1.165, 1.54) is 6.42 Å². The van der Waals surface area contributed by atoms with E-state index in [0.29, 0.717) is 0 Å². The molecule has 2 aliphatic rings. The van der Waals surface area contributed by atoms with Crippen LogP contribution in [0.5, 0.6) is 0 Å². The molecular weight excluding hydrogens is 58.9 g/mol. The lowest BCUT2D eigenvalue weighted by molar-refractivity contribution is 1.18. The number of allylic oxidation sites excluding steroid dienone is 2. The summed E-state index contributed by atoms with van der Waals surface area (Å²) in [6, 6.07) is 0. The molecule has 24 valence electrons. The standard InChI is InChI=1S/C4H5B/c5-4-2-1-3(2)4/h4H,1,5H2. The predicted molar refractivity (Wildman–Crippen MR) is 23.9 cm³/mol. The highest BCUT2D eigenvalue weighted by Gasteiger charge is 2.44. The predicted octanol–water partition coefficient (Wildman–Crippen LogP) is 0.122. The summed E-state index contributed by atoms with van der Waals surface area (Å²) in [4.78, 5) is 0. The van der Waals surface area contributed by atoms with Gasteiger partial charge in [-0.2, -0.15) is 0 Å². The summed E-state index contributed by atoms with van der Waals surface area (Å²) in [6.45, 7) is 0. The fraction of sp³-hybridized carbons (Fsp3) is 0.500. The van der Waals surface area contributed by atoms with Gasteiger partial charge in [0.1, 0.15) is 7.85 Å². The van der Waals surface area contributed by atoms with E-state index < -0.39 is 0 Å². The average molecular weight is 63.9 g/mol. The molecule has 0 aliphatic heterocycles. The van der Waals surface area contributed by atoms with Gasteiger partial charge < -0.3 is 0 Å². The van der Waals surface area contributed by atoms with E-state index in [1.807, 2.05) is 0 Å². The fourth-order valence-corrected chi connectivity index (χ4v) is 0.798. The Hall–Kier alpha value is -0.195. The van der Waals surface area contributed by atoms with Crippen LogP contribution in [0.15, 0.2) is 11.1 Å². The van der Waals surface area contributed by atoms with Gasteiger partial charge in [0.25, 0.3) is 0 Å². The molecule has 1 heteroatoms. The molecule has 0 heterocycles. The minimum atomic E-state index is 0.981. The fourth-order valence-electron chi connectivity index (χ4n) is 0.798. The minimum absolute atomic E-state index is 0.981. The van der Waals surface area contributed by atoms with Gasteiger partial charge >= 0.3 is 0 Å². The van der Waals surface area contributed by atoms with Gasteiger partial charge in [-0.05, 0) is 12.2 Å². The van der Waals surface area contributed by atoms with Crippen molar-refractivity contribution < 1.29 is 0 Å². The van der Waals surface area contributed by atoms with Crippen LogP contribution in [0.2, 0.25) is 5.82 Å². The van der Waals surface area contributed by atoms with Crippen molar-refractivity contribution in [2.24, 2.45) is 0 Å². The van der Waals surface area contributed by atoms with Crippen LogP contribution in [0, 0.1) is 0 Å². The number of hydrogen-bond donors (Lipinski definition) is 0. The lowest BCUT2D eigenvalue weighted by atomic mass is 9.88. The largest absolute Gasteiger partial charge is 0.116 e. The second-order valence-corrected chi connectivity index (χ2v) is 1.95. The molecule has 0 aromatic heterocycles.